The molecular weight excluding hydrogens is 470 g/mol. The molecule has 0 aliphatic heterocycles. The van der Waals surface area contributed by atoms with Crippen LogP contribution in [-0.2, 0) is 16.1 Å². The summed E-state index contributed by atoms with van der Waals surface area (Å²) in [6.45, 7) is 5.57. The number of fused-ring (bicyclic) bond motifs is 1. The van der Waals surface area contributed by atoms with Crippen molar-refractivity contribution in [1.82, 2.24) is 24.8 Å². The Morgan fingerprint density at radius 1 is 1.11 bits per heavy atom. The minimum absolute atomic E-state index is 0.225. The van der Waals surface area contributed by atoms with Crippen molar-refractivity contribution in [2.24, 2.45) is 0 Å². The van der Waals surface area contributed by atoms with Gasteiger partial charge in [-0.1, -0.05) is 12.1 Å². The number of ether oxygens (including phenoxy) is 1. The number of carbonyl (C=O) groups excluding carboxylic acids is 2. The number of alkyl halides is 2. The number of rotatable bonds is 7. The van der Waals surface area contributed by atoms with E-state index in [0.717, 1.165) is 5.56 Å². The largest absolute Gasteiger partial charge is 0.444 e. The fourth-order valence-electron chi connectivity index (χ4n) is 3.53. The molecule has 3 aromatic heterocycles. The number of hydrogen-bond donors (Lipinski definition) is 2. The molecule has 1 aromatic carbocycles. The molecule has 4 rings (SSSR count). The van der Waals surface area contributed by atoms with Crippen molar-refractivity contribution in [3.05, 3.63) is 66.0 Å². The Hall–Kier alpha value is -4.41. The van der Waals surface area contributed by atoms with Crippen molar-refractivity contribution in [3.8, 4) is 17.1 Å². The Morgan fingerprint density at radius 3 is 2.53 bits per heavy atom. The quantitative estimate of drug-likeness (QED) is 0.349. The van der Waals surface area contributed by atoms with E-state index >= 15 is 0 Å². The Balaban J connectivity index is 1.75. The summed E-state index contributed by atoms with van der Waals surface area (Å²) >= 11 is 0. The highest BCUT2D eigenvalue weighted by molar-refractivity contribution is 5.86. The van der Waals surface area contributed by atoms with Gasteiger partial charge in [0.2, 0.25) is 6.41 Å². The monoisotopic (exact) mass is 494 g/mol. The van der Waals surface area contributed by atoms with E-state index in [-0.39, 0.29) is 23.7 Å². The summed E-state index contributed by atoms with van der Waals surface area (Å²) < 4.78 is 33.7. The highest BCUT2D eigenvalue weighted by Gasteiger charge is 2.21. The summed E-state index contributed by atoms with van der Waals surface area (Å²) in [4.78, 5) is 36.0. The number of halogens is 2. The van der Waals surface area contributed by atoms with Crippen LogP contribution in [0, 0.1) is 0 Å². The number of pyridine rings is 2. The van der Waals surface area contributed by atoms with E-state index in [2.05, 4.69) is 25.6 Å². The number of nitrogens with one attached hydrogen (secondary N) is 2. The van der Waals surface area contributed by atoms with Crippen molar-refractivity contribution < 1.29 is 23.1 Å². The van der Waals surface area contributed by atoms with Crippen molar-refractivity contribution >= 4 is 29.5 Å². The summed E-state index contributed by atoms with van der Waals surface area (Å²) in [6.07, 6.45) is -1.28. The van der Waals surface area contributed by atoms with E-state index in [1.807, 2.05) is 0 Å². The van der Waals surface area contributed by atoms with Gasteiger partial charge in [0.05, 0.1) is 5.56 Å². The third kappa shape index (κ3) is 5.45. The maximum absolute atomic E-state index is 13.4. The normalized spacial score (nSPS) is 11.5. The van der Waals surface area contributed by atoms with E-state index in [9.17, 15) is 18.4 Å². The van der Waals surface area contributed by atoms with Gasteiger partial charge in [-0.2, -0.15) is 0 Å². The molecule has 0 aliphatic rings. The third-order valence-electron chi connectivity index (χ3n) is 5.02. The van der Waals surface area contributed by atoms with E-state index in [0.29, 0.717) is 29.0 Å². The van der Waals surface area contributed by atoms with Crippen LogP contribution in [-0.4, -0.2) is 37.6 Å². The van der Waals surface area contributed by atoms with Gasteiger partial charge in [-0.15, -0.1) is 0 Å². The Kier molecular flexibility index (Phi) is 6.91. The van der Waals surface area contributed by atoms with E-state index < -0.39 is 18.1 Å². The van der Waals surface area contributed by atoms with Gasteiger partial charge in [-0.3, -0.25) is 9.36 Å². The zero-order chi connectivity index (χ0) is 25.9. The zero-order valence-corrected chi connectivity index (χ0v) is 19.8. The lowest BCUT2D eigenvalue weighted by Crippen LogP contribution is -2.32. The number of alkyl carbamates (subject to hydrolysis) is 1. The third-order valence-corrected chi connectivity index (χ3v) is 5.02. The van der Waals surface area contributed by atoms with E-state index in [1.165, 1.54) is 18.3 Å². The van der Waals surface area contributed by atoms with Gasteiger partial charge in [-0.05, 0) is 62.7 Å². The standard InChI is InChI=1S/C25H24F2N6O3/c1-25(2,3)36-24(35)29-13-15-6-8-16(9-7-15)33-22(17-5-4-12-28-21(17)30-14-34)32-19-11-10-18(20(26)27)31-23(19)33/h4-12,14,20H,13H2,1-3H3,(H,29,35)(H,28,30,34). The lowest BCUT2D eigenvalue weighted by atomic mass is 10.2. The maximum Gasteiger partial charge on any atom is 0.407 e. The van der Waals surface area contributed by atoms with E-state index in [4.69, 9.17) is 4.74 Å². The number of hydrogen-bond acceptors (Lipinski definition) is 6. The summed E-state index contributed by atoms with van der Waals surface area (Å²) in [5.74, 6) is 0.623. The molecular formula is C25H24F2N6O3. The van der Waals surface area contributed by atoms with Gasteiger partial charge in [-0.25, -0.2) is 28.5 Å². The summed E-state index contributed by atoms with van der Waals surface area (Å²) in [5.41, 5.74) is 1.49. The highest BCUT2D eigenvalue weighted by atomic mass is 19.3. The molecule has 0 aliphatic carbocycles. The first kappa shape index (κ1) is 24.7. The van der Waals surface area contributed by atoms with Crippen LogP contribution in [0.5, 0.6) is 0 Å². The van der Waals surface area contributed by atoms with Gasteiger partial charge in [0.1, 0.15) is 22.6 Å². The minimum Gasteiger partial charge on any atom is -0.444 e. The van der Waals surface area contributed by atoms with Crippen molar-refractivity contribution in [3.63, 3.8) is 0 Å². The summed E-state index contributed by atoms with van der Waals surface area (Å²) in [5, 5.41) is 5.23. The molecule has 3 heterocycles. The molecule has 0 spiro atoms. The molecule has 0 fully saturated rings. The van der Waals surface area contributed by atoms with Crippen LogP contribution in [0.3, 0.4) is 0 Å². The average Bonchev–Trinajstić information content (AvgIpc) is 3.21. The number of carbonyl (C=O) groups is 2. The zero-order valence-electron chi connectivity index (χ0n) is 19.8. The van der Waals surface area contributed by atoms with Crippen LogP contribution in [0.1, 0.15) is 38.5 Å². The second kappa shape index (κ2) is 10.1. The predicted octanol–water partition coefficient (Wildman–Crippen LogP) is 5.01. The molecule has 2 N–H and O–H groups in total. The van der Waals surface area contributed by atoms with Crippen molar-refractivity contribution in [1.29, 1.82) is 0 Å². The number of nitrogens with zero attached hydrogens (tertiary/aromatic N) is 4. The molecule has 11 heteroatoms. The topological polar surface area (TPSA) is 111 Å². The molecule has 0 saturated carbocycles. The lowest BCUT2D eigenvalue weighted by Gasteiger charge is -2.19. The van der Waals surface area contributed by atoms with Crippen LogP contribution < -0.4 is 10.6 Å². The first-order chi connectivity index (χ1) is 17.2. The molecule has 0 unspecified atom stereocenters. The number of amides is 2. The highest BCUT2D eigenvalue weighted by Crippen LogP contribution is 2.32. The predicted molar refractivity (Wildman–Crippen MR) is 130 cm³/mol. The fourth-order valence-corrected chi connectivity index (χ4v) is 3.53. The first-order valence-electron chi connectivity index (χ1n) is 11.1. The van der Waals surface area contributed by atoms with Crippen molar-refractivity contribution in [2.75, 3.05) is 5.32 Å². The SMILES string of the molecule is CC(C)(C)OC(=O)NCc1ccc(-n2c(-c3cccnc3NC=O)nc3ccc(C(F)F)nc32)cc1. The lowest BCUT2D eigenvalue weighted by molar-refractivity contribution is -0.105. The molecule has 0 radical (unpaired) electrons. The van der Waals surface area contributed by atoms with Crippen LogP contribution in [0.2, 0.25) is 0 Å². The minimum atomic E-state index is -2.76. The van der Waals surface area contributed by atoms with Gasteiger partial charge >= 0.3 is 6.09 Å². The molecule has 0 bridgehead atoms. The number of imidazole rings is 1. The van der Waals surface area contributed by atoms with Gasteiger partial charge in [0.25, 0.3) is 6.43 Å². The fraction of sp³-hybridized carbons (Fsp3) is 0.240. The molecule has 4 aromatic rings. The molecule has 2 amide bonds. The van der Waals surface area contributed by atoms with E-state index in [1.54, 1.807) is 61.7 Å². The second-order valence-electron chi connectivity index (χ2n) is 8.83. The molecule has 0 atom stereocenters. The molecule has 36 heavy (non-hydrogen) atoms. The number of anilines is 1. The Bertz CT molecular complexity index is 1400. The molecule has 186 valence electrons. The molecule has 9 nitrogen and oxygen atoms in total. The Labute approximate surface area is 205 Å². The van der Waals surface area contributed by atoms with Crippen molar-refractivity contribution in [2.45, 2.75) is 39.3 Å². The smallest absolute Gasteiger partial charge is 0.407 e. The summed E-state index contributed by atoms with van der Waals surface area (Å²) in [6, 6.07) is 13.2. The van der Waals surface area contributed by atoms with Gasteiger partial charge in [0, 0.05) is 18.4 Å². The average molecular weight is 495 g/mol. The number of aromatic nitrogens is 4. The van der Waals surface area contributed by atoms with Gasteiger partial charge in [0.15, 0.2) is 11.5 Å². The number of benzene rings is 1. The second-order valence-corrected chi connectivity index (χ2v) is 8.83. The van der Waals surface area contributed by atoms with Crippen LogP contribution in [0.15, 0.2) is 54.7 Å². The maximum atomic E-state index is 13.4. The summed E-state index contributed by atoms with van der Waals surface area (Å²) in [7, 11) is 0. The first-order valence-corrected chi connectivity index (χ1v) is 11.1. The van der Waals surface area contributed by atoms with Crippen LogP contribution in [0.25, 0.3) is 28.2 Å². The Morgan fingerprint density at radius 2 is 1.86 bits per heavy atom. The van der Waals surface area contributed by atoms with Crippen LogP contribution >= 0.6 is 0 Å². The molecule has 0 saturated heterocycles. The van der Waals surface area contributed by atoms with Gasteiger partial charge < -0.3 is 15.4 Å². The van der Waals surface area contributed by atoms with Crippen LogP contribution in [0.4, 0.5) is 19.4 Å².